The molecular formula is C10H13FO4S. The number of rotatable bonds is 5. The summed E-state index contributed by atoms with van der Waals surface area (Å²) in [6, 6.07) is 7.34. The number of benzene rings is 1. The van der Waals surface area contributed by atoms with E-state index in [0.29, 0.717) is 0 Å². The molecule has 0 N–H and O–H groups in total. The summed E-state index contributed by atoms with van der Waals surface area (Å²) in [5, 5.41) is 0. The summed E-state index contributed by atoms with van der Waals surface area (Å²) in [6.07, 6.45) is -1.43. The molecule has 0 bridgehead atoms. The van der Waals surface area contributed by atoms with Crippen LogP contribution >= 0.6 is 0 Å². The van der Waals surface area contributed by atoms with Crippen LogP contribution in [0.5, 0.6) is 0 Å². The Labute approximate surface area is 93.9 Å². The van der Waals surface area contributed by atoms with Gasteiger partial charge >= 0.3 is 0 Å². The molecule has 0 aromatic heterocycles. The number of alkyl halides is 1. The standard InChI is InChI=1S/C10H13FO4S/c1-14-10(15-2)9(11)16(12,13)8-6-4-3-5-7-8/h3-7,9-10H,1-2H3. The zero-order chi connectivity index (χ0) is 12.2. The van der Waals surface area contributed by atoms with Gasteiger partial charge in [0.15, 0.2) is 0 Å². The Bertz CT molecular complexity index is 414. The van der Waals surface area contributed by atoms with Gasteiger partial charge in [-0.05, 0) is 12.1 Å². The first kappa shape index (κ1) is 13.1. The van der Waals surface area contributed by atoms with Crippen LogP contribution in [0.4, 0.5) is 4.39 Å². The van der Waals surface area contributed by atoms with E-state index < -0.39 is 21.6 Å². The quantitative estimate of drug-likeness (QED) is 0.739. The van der Waals surface area contributed by atoms with Crippen LogP contribution in [0.2, 0.25) is 0 Å². The lowest BCUT2D eigenvalue weighted by atomic mass is 10.4. The van der Waals surface area contributed by atoms with Crippen LogP contribution in [-0.4, -0.2) is 34.4 Å². The van der Waals surface area contributed by atoms with Gasteiger partial charge in [0.2, 0.25) is 16.1 Å². The minimum Gasteiger partial charge on any atom is -0.352 e. The predicted octanol–water partition coefficient (Wildman–Crippen LogP) is 1.37. The second-order valence-electron chi connectivity index (χ2n) is 3.05. The number of ether oxygens (including phenoxy) is 2. The molecule has 1 aromatic rings. The minimum absolute atomic E-state index is 0.0957. The molecule has 0 amide bonds. The van der Waals surface area contributed by atoms with E-state index in [-0.39, 0.29) is 4.90 Å². The SMILES string of the molecule is COC(OC)C(F)S(=O)(=O)c1ccccc1. The number of hydrogen-bond acceptors (Lipinski definition) is 4. The van der Waals surface area contributed by atoms with E-state index >= 15 is 0 Å². The van der Waals surface area contributed by atoms with Crippen molar-refractivity contribution in [2.75, 3.05) is 14.2 Å². The highest BCUT2D eigenvalue weighted by Gasteiger charge is 2.35. The molecule has 16 heavy (non-hydrogen) atoms. The molecule has 1 atom stereocenters. The average molecular weight is 248 g/mol. The Morgan fingerprint density at radius 1 is 1.12 bits per heavy atom. The van der Waals surface area contributed by atoms with Gasteiger partial charge in [0, 0.05) is 14.2 Å². The molecule has 0 saturated heterocycles. The van der Waals surface area contributed by atoms with E-state index in [4.69, 9.17) is 0 Å². The molecule has 0 radical (unpaired) electrons. The highest BCUT2D eigenvalue weighted by molar-refractivity contribution is 7.92. The van der Waals surface area contributed by atoms with Crippen molar-refractivity contribution in [1.82, 2.24) is 0 Å². The predicted molar refractivity (Wildman–Crippen MR) is 56.3 cm³/mol. The Morgan fingerprint density at radius 3 is 2.06 bits per heavy atom. The van der Waals surface area contributed by atoms with Gasteiger partial charge in [-0.25, -0.2) is 12.8 Å². The van der Waals surface area contributed by atoms with Crippen molar-refractivity contribution >= 4 is 9.84 Å². The van der Waals surface area contributed by atoms with E-state index in [1.807, 2.05) is 0 Å². The highest BCUT2D eigenvalue weighted by atomic mass is 32.2. The molecule has 1 aromatic carbocycles. The minimum atomic E-state index is -4.08. The van der Waals surface area contributed by atoms with Crippen molar-refractivity contribution < 1.29 is 22.3 Å². The lowest BCUT2D eigenvalue weighted by Gasteiger charge is -2.18. The third-order valence-corrected chi connectivity index (χ3v) is 3.79. The molecule has 1 rings (SSSR count). The van der Waals surface area contributed by atoms with Crippen LogP contribution in [0, 0.1) is 0 Å². The maximum Gasteiger partial charge on any atom is 0.255 e. The van der Waals surface area contributed by atoms with Crippen molar-refractivity contribution in [2.24, 2.45) is 0 Å². The van der Waals surface area contributed by atoms with Crippen molar-refractivity contribution in [1.29, 1.82) is 0 Å². The molecule has 1 unspecified atom stereocenters. The number of sulfone groups is 1. The van der Waals surface area contributed by atoms with Gasteiger partial charge in [-0.15, -0.1) is 0 Å². The maximum absolute atomic E-state index is 13.7. The summed E-state index contributed by atoms with van der Waals surface area (Å²) in [6.45, 7) is 0. The zero-order valence-electron chi connectivity index (χ0n) is 8.96. The summed E-state index contributed by atoms with van der Waals surface area (Å²) >= 11 is 0. The summed E-state index contributed by atoms with van der Waals surface area (Å²) in [5.74, 6) is 0. The maximum atomic E-state index is 13.7. The highest BCUT2D eigenvalue weighted by Crippen LogP contribution is 2.20. The number of methoxy groups -OCH3 is 2. The summed E-state index contributed by atoms with van der Waals surface area (Å²) in [7, 11) is -1.72. The van der Waals surface area contributed by atoms with Crippen LogP contribution in [-0.2, 0) is 19.3 Å². The van der Waals surface area contributed by atoms with Crippen LogP contribution in [0.3, 0.4) is 0 Å². The molecule has 0 aliphatic heterocycles. The van der Waals surface area contributed by atoms with Crippen LogP contribution in [0.15, 0.2) is 35.2 Å². The van der Waals surface area contributed by atoms with E-state index in [0.717, 1.165) is 0 Å². The smallest absolute Gasteiger partial charge is 0.255 e. The molecule has 0 fully saturated rings. The third kappa shape index (κ3) is 2.58. The van der Waals surface area contributed by atoms with Gasteiger partial charge in [0.1, 0.15) is 0 Å². The topological polar surface area (TPSA) is 52.6 Å². The summed E-state index contributed by atoms with van der Waals surface area (Å²) in [5.41, 5.74) is -2.25. The van der Waals surface area contributed by atoms with Crippen LogP contribution in [0.1, 0.15) is 0 Å². The fraction of sp³-hybridized carbons (Fsp3) is 0.400. The van der Waals surface area contributed by atoms with E-state index in [1.165, 1.54) is 38.5 Å². The number of hydrogen-bond donors (Lipinski definition) is 0. The fourth-order valence-corrected chi connectivity index (χ4v) is 2.51. The van der Waals surface area contributed by atoms with Crippen molar-refractivity contribution in [2.45, 2.75) is 16.7 Å². The monoisotopic (exact) mass is 248 g/mol. The Morgan fingerprint density at radius 2 is 1.62 bits per heavy atom. The lowest BCUT2D eigenvalue weighted by Crippen LogP contribution is -2.33. The van der Waals surface area contributed by atoms with E-state index in [1.54, 1.807) is 6.07 Å². The van der Waals surface area contributed by atoms with Crippen molar-refractivity contribution in [3.8, 4) is 0 Å². The first-order valence-corrected chi connectivity index (χ1v) is 6.07. The molecule has 90 valence electrons. The number of halogens is 1. The molecule has 0 spiro atoms. The van der Waals surface area contributed by atoms with Gasteiger partial charge in [0.25, 0.3) is 5.50 Å². The van der Waals surface area contributed by atoms with Crippen LogP contribution < -0.4 is 0 Å². The molecule has 0 saturated carbocycles. The largest absolute Gasteiger partial charge is 0.352 e. The molecular weight excluding hydrogens is 235 g/mol. The third-order valence-electron chi connectivity index (χ3n) is 2.05. The van der Waals surface area contributed by atoms with Gasteiger partial charge in [-0.2, -0.15) is 0 Å². The van der Waals surface area contributed by atoms with E-state index in [9.17, 15) is 12.8 Å². The Kier molecular flexibility index (Phi) is 4.40. The first-order valence-electron chi connectivity index (χ1n) is 4.52. The van der Waals surface area contributed by atoms with Crippen molar-refractivity contribution in [3.63, 3.8) is 0 Å². The Hall–Kier alpha value is -0.980. The summed E-state index contributed by atoms with van der Waals surface area (Å²) in [4.78, 5) is -0.0957. The molecule has 6 heteroatoms. The molecule has 0 heterocycles. The average Bonchev–Trinajstić information content (AvgIpc) is 2.31. The Balaban J connectivity index is 3.03. The second-order valence-corrected chi connectivity index (χ2v) is 5.06. The zero-order valence-corrected chi connectivity index (χ0v) is 9.78. The van der Waals surface area contributed by atoms with Gasteiger partial charge in [-0.1, -0.05) is 18.2 Å². The molecule has 0 aliphatic carbocycles. The fourth-order valence-electron chi connectivity index (χ4n) is 1.20. The van der Waals surface area contributed by atoms with Crippen LogP contribution in [0.25, 0.3) is 0 Å². The molecule has 0 aliphatic rings. The van der Waals surface area contributed by atoms with Gasteiger partial charge in [-0.3, -0.25) is 0 Å². The lowest BCUT2D eigenvalue weighted by molar-refractivity contribution is -0.123. The van der Waals surface area contributed by atoms with Gasteiger partial charge < -0.3 is 9.47 Å². The van der Waals surface area contributed by atoms with E-state index in [2.05, 4.69) is 9.47 Å². The second kappa shape index (κ2) is 5.38. The normalized spacial score (nSPS) is 14.0. The van der Waals surface area contributed by atoms with Gasteiger partial charge in [0.05, 0.1) is 4.90 Å². The molecule has 4 nitrogen and oxygen atoms in total. The first-order chi connectivity index (χ1) is 7.54. The summed E-state index contributed by atoms with van der Waals surface area (Å²) < 4.78 is 46.4. The van der Waals surface area contributed by atoms with Crippen molar-refractivity contribution in [3.05, 3.63) is 30.3 Å².